The van der Waals surface area contributed by atoms with Crippen molar-refractivity contribution in [1.29, 1.82) is 0 Å². The summed E-state index contributed by atoms with van der Waals surface area (Å²) in [6.45, 7) is 4.06. The van der Waals surface area contributed by atoms with E-state index in [1.54, 1.807) is 6.20 Å². The van der Waals surface area contributed by atoms with E-state index in [0.717, 1.165) is 36.1 Å². The Morgan fingerprint density at radius 3 is 3.11 bits per heavy atom. The highest BCUT2D eigenvalue weighted by atomic mass is 79.9. The fraction of sp³-hybridized carbons (Fsp3) is 0.462. The summed E-state index contributed by atoms with van der Waals surface area (Å²) < 4.78 is 6.36. The smallest absolute Gasteiger partial charge is 0.234 e. The molecule has 0 saturated carbocycles. The molecule has 1 unspecified atom stereocenters. The number of aromatic nitrogens is 3. The summed E-state index contributed by atoms with van der Waals surface area (Å²) in [6.07, 6.45) is 3.75. The molecule has 1 aliphatic rings. The highest BCUT2D eigenvalue weighted by molar-refractivity contribution is 9.10. The van der Waals surface area contributed by atoms with Gasteiger partial charge in [-0.2, -0.15) is 4.98 Å². The molecule has 0 amide bonds. The first kappa shape index (κ1) is 12.7. The molecule has 0 spiro atoms. The van der Waals surface area contributed by atoms with Gasteiger partial charge >= 0.3 is 0 Å². The van der Waals surface area contributed by atoms with Crippen molar-refractivity contribution in [3.05, 3.63) is 28.7 Å². The zero-order valence-corrected chi connectivity index (χ0v) is 12.3. The zero-order chi connectivity index (χ0) is 13.3. The number of hydrogen-bond donors (Lipinski definition) is 1. The lowest BCUT2D eigenvalue weighted by atomic mass is 9.84. The van der Waals surface area contributed by atoms with Crippen molar-refractivity contribution in [3.63, 3.8) is 0 Å². The van der Waals surface area contributed by atoms with Gasteiger partial charge in [-0.3, -0.25) is 4.98 Å². The monoisotopic (exact) mass is 322 g/mol. The molecule has 0 aliphatic carbocycles. The molecular weight excluding hydrogens is 308 g/mol. The van der Waals surface area contributed by atoms with Gasteiger partial charge in [0.1, 0.15) is 5.69 Å². The molecule has 0 bridgehead atoms. The van der Waals surface area contributed by atoms with E-state index in [4.69, 9.17) is 4.52 Å². The third kappa shape index (κ3) is 2.19. The molecule has 6 heteroatoms. The summed E-state index contributed by atoms with van der Waals surface area (Å²) in [5.74, 6) is 1.26. The maximum absolute atomic E-state index is 5.49. The van der Waals surface area contributed by atoms with Crippen LogP contribution in [0, 0.1) is 0 Å². The standard InChI is InChI=1S/C13H15BrN4O/c1-2-13(5-7-15-8-13)12-17-11(18-19-12)10-9(14)4-3-6-16-10/h3-4,6,15H,2,5,7-8H2,1H3. The first-order valence-corrected chi connectivity index (χ1v) is 7.20. The minimum absolute atomic E-state index is 0.0213. The van der Waals surface area contributed by atoms with Gasteiger partial charge in [-0.1, -0.05) is 12.1 Å². The van der Waals surface area contributed by atoms with E-state index < -0.39 is 0 Å². The van der Waals surface area contributed by atoms with E-state index in [2.05, 4.69) is 43.3 Å². The van der Waals surface area contributed by atoms with E-state index in [9.17, 15) is 0 Å². The van der Waals surface area contributed by atoms with Gasteiger partial charge in [0, 0.05) is 17.2 Å². The maximum atomic E-state index is 5.49. The summed E-state index contributed by atoms with van der Waals surface area (Å²) in [5.41, 5.74) is 0.696. The van der Waals surface area contributed by atoms with E-state index in [1.807, 2.05) is 12.1 Å². The van der Waals surface area contributed by atoms with Crippen LogP contribution >= 0.6 is 15.9 Å². The minimum atomic E-state index is -0.0213. The van der Waals surface area contributed by atoms with Gasteiger partial charge in [0.2, 0.25) is 11.7 Å². The van der Waals surface area contributed by atoms with Gasteiger partial charge in [0.05, 0.1) is 5.41 Å². The fourth-order valence-electron chi connectivity index (χ4n) is 2.46. The molecular formula is C13H15BrN4O. The van der Waals surface area contributed by atoms with Crippen LogP contribution in [0.3, 0.4) is 0 Å². The lowest BCUT2D eigenvalue weighted by molar-refractivity contribution is 0.285. The van der Waals surface area contributed by atoms with Crippen molar-refractivity contribution in [2.24, 2.45) is 0 Å². The molecule has 3 rings (SSSR count). The average Bonchev–Trinajstić information content (AvgIpc) is 3.09. The van der Waals surface area contributed by atoms with Crippen molar-refractivity contribution < 1.29 is 4.52 Å². The first-order chi connectivity index (χ1) is 9.25. The second kappa shape index (κ2) is 5.02. The lowest BCUT2D eigenvalue weighted by Gasteiger charge is -2.20. The Morgan fingerprint density at radius 2 is 2.42 bits per heavy atom. The Morgan fingerprint density at radius 1 is 1.53 bits per heavy atom. The van der Waals surface area contributed by atoms with Crippen molar-refractivity contribution >= 4 is 15.9 Å². The van der Waals surface area contributed by atoms with Gasteiger partial charge in [-0.15, -0.1) is 0 Å². The largest absolute Gasteiger partial charge is 0.338 e. The van der Waals surface area contributed by atoms with Gasteiger partial charge in [0.15, 0.2) is 0 Å². The molecule has 0 radical (unpaired) electrons. The van der Waals surface area contributed by atoms with Gasteiger partial charge in [0.25, 0.3) is 0 Å². The molecule has 1 N–H and O–H groups in total. The quantitative estimate of drug-likeness (QED) is 0.940. The van der Waals surface area contributed by atoms with Crippen LogP contribution in [0.25, 0.3) is 11.5 Å². The second-order valence-corrected chi connectivity index (χ2v) is 5.67. The Balaban J connectivity index is 1.98. The van der Waals surface area contributed by atoms with Crippen molar-refractivity contribution in [3.8, 4) is 11.5 Å². The zero-order valence-electron chi connectivity index (χ0n) is 10.7. The highest BCUT2D eigenvalue weighted by Crippen LogP contribution is 2.34. The second-order valence-electron chi connectivity index (χ2n) is 4.82. The summed E-state index contributed by atoms with van der Waals surface area (Å²) in [7, 11) is 0. The van der Waals surface area contributed by atoms with Gasteiger partial charge in [-0.05, 0) is 47.4 Å². The van der Waals surface area contributed by atoms with E-state index in [-0.39, 0.29) is 5.41 Å². The Kier molecular flexibility index (Phi) is 3.36. The van der Waals surface area contributed by atoms with Crippen LogP contribution in [-0.4, -0.2) is 28.2 Å². The molecule has 2 aromatic heterocycles. The van der Waals surface area contributed by atoms with Crippen molar-refractivity contribution in [1.82, 2.24) is 20.4 Å². The number of halogens is 1. The van der Waals surface area contributed by atoms with Gasteiger partial charge < -0.3 is 9.84 Å². The summed E-state index contributed by atoms with van der Waals surface area (Å²) in [5, 5.41) is 7.45. The Hall–Kier alpha value is -1.27. The number of pyridine rings is 1. The van der Waals surface area contributed by atoms with Gasteiger partial charge in [-0.25, -0.2) is 0 Å². The Bertz CT molecular complexity index is 578. The van der Waals surface area contributed by atoms with Crippen molar-refractivity contribution in [2.75, 3.05) is 13.1 Å². The molecule has 3 heterocycles. The van der Waals surface area contributed by atoms with Crippen LogP contribution in [0.4, 0.5) is 0 Å². The predicted molar refractivity (Wildman–Crippen MR) is 74.7 cm³/mol. The third-order valence-electron chi connectivity index (χ3n) is 3.77. The minimum Gasteiger partial charge on any atom is -0.338 e. The SMILES string of the molecule is CCC1(c2nc(-c3ncccc3Br)no2)CCNC1. The van der Waals surface area contributed by atoms with E-state index in [1.165, 1.54) is 0 Å². The van der Waals surface area contributed by atoms with Crippen LogP contribution in [0.15, 0.2) is 27.3 Å². The molecule has 1 saturated heterocycles. The average molecular weight is 323 g/mol. The highest BCUT2D eigenvalue weighted by Gasteiger charge is 2.39. The fourth-order valence-corrected chi connectivity index (χ4v) is 2.90. The number of rotatable bonds is 3. The Labute approximate surface area is 119 Å². The number of hydrogen-bond acceptors (Lipinski definition) is 5. The number of nitrogens with zero attached hydrogens (tertiary/aromatic N) is 3. The van der Waals surface area contributed by atoms with Crippen LogP contribution < -0.4 is 5.32 Å². The summed E-state index contributed by atoms with van der Waals surface area (Å²) >= 11 is 3.46. The van der Waals surface area contributed by atoms with E-state index in [0.29, 0.717) is 11.7 Å². The maximum Gasteiger partial charge on any atom is 0.234 e. The van der Waals surface area contributed by atoms with Crippen LogP contribution in [-0.2, 0) is 5.41 Å². The molecule has 1 atom stereocenters. The molecule has 100 valence electrons. The normalized spacial score (nSPS) is 22.8. The molecule has 2 aromatic rings. The van der Waals surface area contributed by atoms with Crippen LogP contribution in [0.1, 0.15) is 25.7 Å². The lowest BCUT2D eigenvalue weighted by Crippen LogP contribution is -2.28. The summed E-state index contributed by atoms with van der Waals surface area (Å²) in [4.78, 5) is 8.85. The van der Waals surface area contributed by atoms with Crippen LogP contribution in [0.5, 0.6) is 0 Å². The molecule has 5 nitrogen and oxygen atoms in total. The molecule has 1 fully saturated rings. The first-order valence-electron chi connectivity index (χ1n) is 6.41. The van der Waals surface area contributed by atoms with E-state index >= 15 is 0 Å². The molecule has 19 heavy (non-hydrogen) atoms. The third-order valence-corrected chi connectivity index (χ3v) is 4.41. The van der Waals surface area contributed by atoms with Crippen molar-refractivity contribution in [2.45, 2.75) is 25.2 Å². The number of nitrogens with one attached hydrogen (secondary N) is 1. The topological polar surface area (TPSA) is 63.8 Å². The summed E-state index contributed by atoms with van der Waals surface area (Å²) in [6, 6.07) is 3.79. The molecule has 1 aliphatic heterocycles. The predicted octanol–water partition coefficient (Wildman–Crippen LogP) is 2.54. The van der Waals surface area contributed by atoms with Crippen LogP contribution in [0.2, 0.25) is 0 Å². The molecule has 0 aromatic carbocycles.